The predicted octanol–water partition coefficient (Wildman–Crippen LogP) is 5.25. The van der Waals surface area contributed by atoms with Gasteiger partial charge in [-0.2, -0.15) is 0 Å². The van der Waals surface area contributed by atoms with Crippen molar-refractivity contribution in [2.45, 2.75) is 51.6 Å². The number of hydrogen-bond acceptors (Lipinski definition) is 6. The van der Waals surface area contributed by atoms with E-state index in [1.54, 1.807) is 13.3 Å². The second-order valence-electron chi connectivity index (χ2n) is 10.2. The van der Waals surface area contributed by atoms with Gasteiger partial charge in [0, 0.05) is 30.2 Å². The van der Waals surface area contributed by atoms with Crippen LogP contribution in [-0.2, 0) is 6.54 Å². The zero-order chi connectivity index (χ0) is 25.6. The van der Waals surface area contributed by atoms with Crippen LogP contribution in [-0.4, -0.2) is 55.2 Å². The van der Waals surface area contributed by atoms with E-state index in [1.807, 2.05) is 30.3 Å². The largest absolute Gasteiger partial charge is 0.493 e. The fraction of sp³-hybridized carbons (Fsp3) is 0.467. The Kier molecular flexibility index (Phi) is 8.09. The zero-order valence-corrected chi connectivity index (χ0v) is 22.0. The molecule has 37 heavy (non-hydrogen) atoms. The molecule has 0 unspecified atom stereocenters. The first-order valence-electron chi connectivity index (χ1n) is 13.6. The fourth-order valence-corrected chi connectivity index (χ4v) is 5.01. The van der Waals surface area contributed by atoms with Crippen molar-refractivity contribution >= 4 is 22.5 Å². The van der Waals surface area contributed by atoms with Crippen LogP contribution in [0.3, 0.4) is 0 Å². The summed E-state index contributed by atoms with van der Waals surface area (Å²) in [7, 11) is 1.66. The number of amides is 1. The van der Waals surface area contributed by atoms with Gasteiger partial charge >= 0.3 is 0 Å². The van der Waals surface area contributed by atoms with Gasteiger partial charge in [0.15, 0.2) is 11.5 Å². The van der Waals surface area contributed by atoms with Gasteiger partial charge in [-0.05, 0) is 69.3 Å². The average molecular weight is 503 g/mol. The number of aromatic nitrogens is 1. The summed E-state index contributed by atoms with van der Waals surface area (Å²) in [5, 5.41) is 7.50. The third kappa shape index (κ3) is 6.34. The Hall–Kier alpha value is -3.32. The first-order valence-corrected chi connectivity index (χ1v) is 13.6. The van der Waals surface area contributed by atoms with Gasteiger partial charge in [-0.3, -0.25) is 9.78 Å². The van der Waals surface area contributed by atoms with Gasteiger partial charge in [-0.25, -0.2) is 0 Å². The molecule has 1 aliphatic heterocycles. The molecule has 7 heteroatoms. The van der Waals surface area contributed by atoms with Crippen LogP contribution < -0.4 is 20.1 Å². The van der Waals surface area contributed by atoms with E-state index in [-0.39, 0.29) is 11.9 Å². The number of carbonyl (C=O) groups is 1. The molecular weight excluding hydrogens is 464 g/mol. The number of likely N-dealkylation sites (tertiary alicyclic amines) is 1. The topological polar surface area (TPSA) is 75.7 Å². The Morgan fingerprint density at radius 2 is 1.86 bits per heavy atom. The minimum Gasteiger partial charge on any atom is -0.493 e. The average Bonchev–Trinajstić information content (AvgIpc) is 3.75. The van der Waals surface area contributed by atoms with Crippen molar-refractivity contribution in [3.8, 4) is 11.5 Å². The smallest absolute Gasteiger partial charge is 0.255 e. The lowest BCUT2D eigenvalue weighted by atomic mass is 9.97. The van der Waals surface area contributed by atoms with E-state index in [0.29, 0.717) is 36.1 Å². The minimum atomic E-state index is -0.0930. The van der Waals surface area contributed by atoms with E-state index in [0.717, 1.165) is 60.9 Å². The summed E-state index contributed by atoms with van der Waals surface area (Å²) in [4.78, 5) is 20.3. The molecule has 0 atom stereocenters. The predicted molar refractivity (Wildman–Crippen MR) is 148 cm³/mol. The number of hydrogen-bond donors (Lipinski definition) is 2. The third-order valence-electron chi connectivity index (χ3n) is 7.34. The highest BCUT2D eigenvalue weighted by Gasteiger charge is 2.26. The second kappa shape index (κ2) is 11.8. The van der Waals surface area contributed by atoms with Crippen LogP contribution in [0, 0.1) is 5.92 Å². The maximum Gasteiger partial charge on any atom is 0.255 e. The number of nitrogens with zero attached hydrogens (tertiary/aromatic N) is 2. The lowest BCUT2D eigenvalue weighted by Crippen LogP contribution is -2.35. The number of fused-ring (bicyclic) bond motifs is 1. The van der Waals surface area contributed by atoms with E-state index in [4.69, 9.17) is 9.47 Å². The first kappa shape index (κ1) is 25.3. The molecule has 2 N–H and O–H groups in total. The molecule has 0 bridgehead atoms. The molecule has 5 rings (SSSR count). The lowest BCUT2D eigenvalue weighted by molar-refractivity contribution is 0.0951. The highest BCUT2D eigenvalue weighted by Crippen LogP contribution is 2.37. The number of nitrogens with one attached hydrogen (secondary N) is 2. The summed E-state index contributed by atoms with van der Waals surface area (Å²) in [5.74, 6) is 1.78. The molecule has 2 aromatic carbocycles. The van der Waals surface area contributed by atoms with Gasteiger partial charge in [0.1, 0.15) is 0 Å². The number of anilines is 1. The quantitative estimate of drug-likeness (QED) is 0.373. The number of piperidine rings is 1. The summed E-state index contributed by atoms with van der Waals surface area (Å²) in [6.45, 7) is 6.93. The Morgan fingerprint density at radius 3 is 2.57 bits per heavy atom. The summed E-state index contributed by atoms with van der Waals surface area (Å²) in [5.41, 5.74) is 3.22. The van der Waals surface area contributed by atoms with Crippen LogP contribution in [0.1, 0.15) is 54.9 Å². The molecule has 1 saturated heterocycles. The van der Waals surface area contributed by atoms with Gasteiger partial charge in [-0.1, -0.05) is 37.3 Å². The molecule has 1 amide bonds. The number of benzene rings is 2. The molecule has 196 valence electrons. The second-order valence-corrected chi connectivity index (χ2v) is 10.2. The van der Waals surface area contributed by atoms with Gasteiger partial charge in [0.05, 0.1) is 30.5 Å². The first-order chi connectivity index (χ1) is 18.1. The zero-order valence-electron chi connectivity index (χ0n) is 22.0. The van der Waals surface area contributed by atoms with Crippen molar-refractivity contribution in [2.24, 2.45) is 5.92 Å². The van der Waals surface area contributed by atoms with Crippen molar-refractivity contribution in [1.29, 1.82) is 0 Å². The Morgan fingerprint density at radius 1 is 1.08 bits per heavy atom. The molecule has 1 aliphatic carbocycles. The summed E-state index contributed by atoms with van der Waals surface area (Å²) in [6.07, 6.45) is 7.22. The van der Waals surface area contributed by atoms with Crippen LogP contribution >= 0.6 is 0 Å². The minimum absolute atomic E-state index is 0.0930. The monoisotopic (exact) mass is 502 g/mol. The molecule has 2 aliphatic rings. The van der Waals surface area contributed by atoms with Gasteiger partial charge in [0.25, 0.3) is 5.91 Å². The SMILES string of the molecule is CCCN1CCC(COc2cc3c(NCc4ccccc4)c(C(=O)NC4CC4)cnc3cc2OC)CC1. The van der Waals surface area contributed by atoms with E-state index in [9.17, 15) is 4.79 Å². The van der Waals surface area contributed by atoms with Crippen LogP contribution in [0.2, 0.25) is 0 Å². The molecule has 3 aromatic rings. The van der Waals surface area contributed by atoms with E-state index in [1.165, 1.54) is 13.0 Å². The maximum atomic E-state index is 13.1. The fourth-order valence-electron chi connectivity index (χ4n) is 5.01. The maximum absolute atomic E-state index is 13.1. The molecule has 7 nitrogen and oxygen atoms in total. The summed E-state index contributed by atoms with van der Waals surface area (Å²) >= 11 is 0. The van der Waals surface area contributed by atoms with Crippen molar-refractivity contribution in [3.63, 3.8) is 0 Å². The standard InChI is InChI=1S/C30H38N4O3/c1-3-13-34-14-11-22(12-15-34)20-37-28-16-24-26(17-27(28)36-2)31-19-25(30(35)33-23-9-10-23)29(24)32-18-21-7-5-4-6-8-21/h4-8,16-17,19,22-23H,3,9-15,18,20H2,1-2H3,(H,31,32)(H,33,35). The van der Waals surface area contributed by atoms with E-state index >= 15 is 0 Å². The van der Waals surface area contributed by atoms with Crippen LogP contribution in [0.4, 0.5) is 5.69 Å². The van der Waals surface area contributed by atoms with Gasteiger partial charge in [-0.15, -0.1) is 0 Å². The Balaban J connectivity index is 1.41. The number of ether oxygens (including phenoxy) is 2. The Bertz CT molecular complexity index is 1200. The Labute approximate surface area is 219 Å². The van der Waals surface area contributed by atoms with Crippen LogP contribution in [0.25, 0.3) is 10.9 Å². The lowest BCUT2D eigenvalue weighted by Gasteiger charge is -2.31. The van der Waals surface area contributed by atoms with E-state index < -0.39 is 0 Å². The van der Waals surface area contributed by atoms with Crippen molar-refractivity contribution < 1.29 is 14.3 Å². The molecule has 2 fully saturated rings. The number of methoxy groups -OCH3 is 1. The van der Waals surface area contributed by atoms with Crippen molar-refractivity contribution in [1.82, 2.24) is 15.2 Å². The van der Waals surface area contributed by atoms with E-state index in [2.05, 4.69) is 39.6 Å². The third-order valence-corrected chi connectivity index (χ3v) is 7.34. The number of pyridine rings is 1. The van der Waals surface area contributed by atoms with Crippen LogP contribution in [0.5, 0.6) is 11.5 Å². The van der Waals surface area contributed by atoms with Gasteiger partial charge < -0.3 is 25.0 Å². The number of carbonyl (C=O) groups excluding carboxylic acids is 1. The molecular formula is C30H38N4O3. The van der Waals surface area contributed by atoms with Crippen molar-refractivity contribution in [3.05, 3.63) is 59.8 Å². The summed E-state index contributed by atoms with van der Waals surface area (Å²) in [6, 6.07) is 14.3. The normalized spacial score (nSPS) is 16.5. The van der Waals surface area contributed by atoms with Crippen LogP contribution in [0.15, 0.2) is 48.7 Å². The molecule has 0 radical (unpaired) electrons. The number of rotatable bonds is 11. The van der Waals surface area contributed by atoms with Gasteiger partial charge in [0.2, 0.25) is 0 Å². The highest BCUT2D eigenvalue weighted by molar-refractivity contribution is 6.07. The molecule has 1 saturated carbocycles. The summed E-state index contributed by atoms with van der Waals surface area (Å²) < 4.78 is 12.0. The molecule has 2 heterocycles. The highest BCUT2D eigenvalue weighted by atomic mass is 16.5. The van der Waals surface area contributed by atoms with Crippen molar-refractivity contribution in [2.75, 3.05) is 38.7 Å². The molecule has 1 aromatic heterocycles. The molecule has 0 spiro atoms.